The van der Waals surface area contributed by atoms with Gasteiger partial charge in [0.25, 0.3) is 0 Å². The molecule has 2 atom stereocenters. The molecule has 0 saturated heterocycles. The predicted octanol–water partition coefficient (Wildman–Crippen LogP) is 4.42. The van der Waals surface area contributed by atoms with Crippen LogP contribution >= 0.6 is 0 Å². The third kappa shape index (κ3) is 10.4. The van der Waals surface area contributed by atoms with Gasteiger partial charge in [0.15, 0.2) is 0 Å². The average molecular weight is 312 g/mol. The van der Waals surface area contributed by atoms with Crippen LogP contribution < -0.4 is 0 Å². The number of esters is 2. The highest BCUT2D eigenvalue weighted by Crippen LogP contribution is 2.11. The summed E-state index contributed by atoms with van der Waals surface area (Å²) >= 11 is 0. The molecule has 0 bridgehead atoms. The molecule has 0 heterocycles. The number of carbonyl (C=O) groups excluding carboxylic acids is 2. The van der Waals surface area contributed by atoms with Gasteiger partial charge in [-0.3, -0.25) is 9.59 Å². The standard InChI is InChI=1S/C18H32O4/c1-6-8-9-11-16(7-2)22-18(20)13-10-12-17(19)21-15(5)14(3)4/h7,14-16H,2,6,8-13H2,1,3-5H3. The molecule has 0 saturated carbocycles. The molecule has 0 N–H and O–H groups in total. The van der Waals surface area contributed by atoms with Gasteiger partial charge in [0.1, 0.15) is 12.2 Å². The van der Waals surface area contributed by atoms with Gasteiger partial charge in [-0.15, -0.1) is 0 Å². The minimum atomic E-state index is -0.272. The lowest BCUT2D eigenvalue weighted by atomic mass is 10.1. The van der Waals surface area contributed by atoms with Gasteiger partial charge in [0, 0.05) is 12.8 Å². The SMILES string of the molecule is C=CC(CCCCC)OC(=O)CCCC(=O)OC(C)C(C)C. The molecule has 0 aliphatic heterocycles. The minimum Gasteiger partial charge on any atom is -0.462 e. The Morgan fingerprint density at radius 2 is 1.59 bits per heavy atom. The van der Waals surface area contributed by atoms with E-state index in [4.69, 9.17) is 9.47 Å². The number of unbranched alkanes of at least 4 members (excludes halogenated alkanes) is 2. The van der Waals surface area contributed by atoms with E-state index in [0.29, 0.717) is 12.3 Å². The number of rotatable bonds is 12. The lowest BCUT2D eigenvalue weighted by molar-refractivity contribution is -0.151. The summed E-state index contributed by atoms with van der Waals surface area (Å²) in [7, 11) is 0. The summed E-state index contributed by atoms with van der Waals surface area (Å²) in [5.41, 5.74) is 0. The lowest BCUT2D eigenvalue weighted by Crippen LogP contribution is -2.20. The molecule has 22 heavy (non-hydrogen) atoms. The molecule has 128 valence electrons. The van der Waals surface area contributed by atoms with Gasteiger partial charge in [0.05, 0.1) is 0 Å². The van der Waals surface area contributed by atoms with Crippen LogP contribution in [0.3, 0.4) is 0 Å². The molecular formula is C18H32O4. The van der Waals surface area contributed by atoms with E-state index < -0.39 is 0 Å². The monoisotopic (exact) mass is 312 g/mol. The van der Waals surface area contributed by atoms with Crippen molar-refractivity contribution in [3.05, 3.63) is 12.7 Å². The first-order chi connectivity index (χ1) is 10.4. The number of ether oxygens (including phenoxy) is 2. The second-order valence-corrected chi connectivity index (χ2v) is 6.05. The van der Waals surface area contributed by atoms with Crippen LogP contribution in [-0.4, -0.2) is 24.1 Å². The fourth-order valence-electron chi connectivity index (χ4n) is 1.83. The zero-order valence-electron chi connectivity index (χ0n) is 14.6. The van der Waals surface area contributed by atoms with E-state index in [2.05, 4.69) is 13.5 Å². The Hall–Kier alpha value is -1.32. The molecular weight excluding hydrogens is 280 g/mol. The van der Waals surface area contributed by atoms with Crippen molar-refractivity contribution in [1.29, 1.82) is 0 Å². The first-order valence-corrected chi connectivity index (χ1v) is 8.42. The van der Waals surface area contributed by atoms with Gasteiger partial charge in [-0.05, 0) is 32.1 Å². The molecule has 0 aliphatic carbocycles. The van der Waals surface area contributed by atoms with E-state index >= 15 is 0 Å². The number of hydrogen-bond acceptors (Lipinski definition) is 4. The van der Waals surface area contributed by atoms with Gasteiger partial charge >= 0.3 is 11.9 Å². The van der Waals surface area contributed by atoms with Crippen LogP contribution in [0, 0.1) is 5.92 Å². The van der Waals surface area contributed by atoms with Crippen molar-refractivity contribution in [2.45, 2.75) is 84.8 Å². The van der Waals surface area contributed by atoms with Crippen LogP contribution in [0.1, 0.15) is 72.6 Å². The van der Waals surface area contributed by atoms with Crippen molar-refractivity contribution in [3.8, 4) is 0 Å². The summed E-state index contributed by atoms with van der Waals surface area (Å²) in [6.45, 7) is 11.7. The third-order valence-electron chi connectivity index (χ3n) is 3.66. The Morgan fingerprint density at radius 3 is 2.09 bits per heavy atom. The highest BCUT2D eigenvalue weighted by atomic mass is 16.5. The molecule has 0 rings (SSSR count). The van der Waals surface area contributed by atoms with Crippen LogP contribution in [0.4, 0.5) is 0 Å². The first-order valence-electron chi connectivity index (χ1n) is 8.42. The topological polar surface area (TPSA) is 52.6 Å². The molecule has 0 fully saturated rings. The zero-order chi connectivity index (χ0) is 17.0. The van der Waals surface area contributed by atoms with Gasteiger partial charge in [-0.1, -0.05) is 46.3 Å². The summed E-state index contributed by atoms with van der Waals surface area (Å²) in [4.78, 5) is 23.3. The van der Waals surface area contributed by atoms with E-state index in [0.717, 1.165) is 25.7 Å². The summed E-state index contributed by atoms with van der Waals surface area (Å²) in [6, 6.07) is 0. The maximum absolute atomic E-state index is 11.7. The van der Waals surface area contributed by atoms with E-state index in [9.17, 15) is 9.59 Å². The summed E-state index contributed by atoms with van der Waals surface area (Å²) in [5, 5.41) is 0. The van der Waals surface area contributed by atoms with E-state index in [1.165, 1.54) is 0 Å². The second-order valence-electron chi connectivity index (χ2n) is 6.05. The Kier molecular flexibility index (Phi) is 11.5. The zero-order valence-corrected chi connectivity index (χ0v) is 14.6. The van der Waals surface area contributed by atoms with Crippen molar-refractivity contribution in [1.82, 2.24) is 0 Å². The Labute approximate surface area is 135 Å². The summed E-state index contributed by atoms with van der Waals surface area (Å²) in [6.07, 6.45) is 6.42. The van der Waals surface area contributed by atoms with Crippen molar-refractivity contribution in [2.75, 3.05) is 0 Å². The molecule has 0 aromatic carbocycles. The number of carbonyl (C=O) groups is 2. The molecule has 0 aromatic heterocycles. The van der Waals surface area contributed by atoms with Gasteiger partial charge in [-0.25, -0.2) is 0 Å². The fourth-order valence-corrected chi connectivity index (χ4v) is 1.83. The summed E-state index contributed by atoms with van der Waals surface area (Å²) in [5.74, 6) is -0.228. The molecule has 2 unspecified atom stereocenters. The average Bonchev–Trinajstić information content (AvgIpc) is 2.46. The van der Waals surface area contributed by atoms with Gasteiger partial charge in [0.2, 0.25) is 0 Å². The molecule has 4 heteroatoms. The molecule has 4 nitrogen and oxygen atoms in total. The first kappa shape index (κ1) is 20.7. The fraction of sp³-hybridized carbons (Fsp3) is 0.778. The quantitative estimate of drug-likeness (QED) is 0.304. The molecule has 0 spiro atoms. The minimum absolute atomic E-state index is 0.0943. The van der Waals surface area contributed by atoms with Gasteiger partial charge < -0.3 is 9.47 Å². The third-order valence-corrected chi connectivity index (χ3v) is 3.66. The van der Waals surface area contributed by atoms with E-state index in [-0.39, 0.29) is 37.0 Å². The van der Waals surface area contributed by atoms with Crippen LogP contribution in [-0.2, 0) is 19.1 Å². The van der Waals surface area contributed by atoms with E-state index in [1.807, 2.05) is 20.8 Å². The smallest absolute Gasteiger partial charge is 0.306 e. The Balaban J connectivity index is 3.88. The van der Waals surface area contributed by atoms with Gasteiger partial charge in [-0.2, -0.15) is 0 Å². The molecule has 0 aliphatic rings. The molecule has 0 amide bonds. The molecule has 0 aromatic rings. The van der Waals surface area contributed by atoms with Crippen LogP contribution in [0.5, 0.6) is 0 Å². The van der Waals surface area contributed by atoms with Crippen LogP contribution in [0.15, 0.2) is 12.7 Å². The predicted molar refractivity (Wildman–Crippen MR) is 88.5 cm³/mol. The highest BCUT2D eigenvalue weighted by molar-refractivity contribution is 5.72. The van der Waals surface area contributed by atoms with Crippen molar-refractivity contribution in [3.63, 3.8) is 0 Å². The second kappa shape index (κ2) is 12.2. The molecule has 0 radical (unpaired) electrons. The van der Waals surface area contributed by atoms with Crippen molar-refractivity contribution >= 4 is 11.9 Å². The Bertz CT molecular complexity index is 336. The van der Waals surface area contributed by atoms with Crippen LogP contribution in [0.2, 0.25) is 0 Å². The van der Waals surface area contributed by atoms with Crippen molar-refractivity contribution < 1.29 is 19.1 Å². The normalized spacial score (nSPS) is 13.5. The maximum atomic E-state index is 11.7. The number of hydrogen-bond donors (Lipinski definition) is 0. The summed E-state index contributed by atoms with van der Waals surface area (Å²) < 4.78 is 10.6. The van der Waals surface area contributed by atoms with Crippen LogP contribution in [0.25, 0.3) is 0 Å². The maximum Gasteiger partial charge on any atom is 0.306 e. The van der Waals surface area contributed by atoms with E-state index in [1.54, 1.807) is 6.08 Å². The lowest BCUT2D eigenvalue weighted by Gasteiger charge is -2.16. The largest absolute Gasteiger partial charge is 0.462 e. The van der Waals surface area contributed by atoms with Crippen molar-refractivity contribution in [2.24, 2.45) is 5.92 Å². The Morgan fingerprint density at radius 1 is 1.00 bits per heavy atom. The highest BCUT2D eigenvalue weighted by Gasteiger charge is 2.15.